The summed E-state index contributed by atoms with van der Waals surface area (Å²) >= 11 is 0. The zero-order valence-corrected chi connectivity index (χ0v) is 16.1. The van der Waals surface area contributed by atoms with Crippen LogP contribution in [0.25, 0.3) is 0 Å². The molecule has 0 radical (unpaired) electrons. The van der Waals surface area contributed by atoms with E-state index in [-0.39, 0.29) is 17.0 Å². The molecule has 0 bridgehead atoms. The Kier molecular flexibility index (Phi) is 4.29. The number of aryl methyl sites for hydroxylation is 1. The Balaban J connectivity index is 1.85. The van der Waals surface area contributed by atoms with Gasteiger partial charge in [-0.1, -0.05) is 25.9 Å². The summed E-state index contributed by atoms with van der Waals surface area (Å²) in [6, 6.07) is 0. The van der Waals surface area contributed by atoms with Gasteiger partial charge in [0.25, 0.3) is 5.91 Å². The fourth-order valence-electron chi connectivity index (χ4n) is 3.04. The first-order valence-corrected chi connectivity index (χ1v) is 8.83. The number of carbonyl (C=O) groups is 2. The van der Waals surface area contributed by atoms with Crippen molar-refractivity contribution in [3.05, 3.63) is 34.4 Å². The van der Waals surface area contributed by atoms with Gasteiger partial charge in [-0.15, -0.1) is 0 Å². The number of aromatic nitrogens is 2. The second-order valence-electron chi connectivity index (χ2n) is 8.38. The lowest BCUT2D eigenvalue weighted by Gasteiger charge is -2.22. The van der Waals surface area contributed by atoms with Crippen LogP contribution >= 0.6 is 0 Å². The van der Waals surface area contributed by atoms with Gasteiger partial charge < -0.3 is 14.3 Å². The third-order valence-electron chi connectivity index (χ3n) is 4.57. The number of hydrogen-bond acceptors (Lipinski definition) is 6. The first kappa shape index (κ1) is 18.4. The third kappa shape index (κ3) is 3.18. The van der Waals surface area contributed by atoms with E-state index in [1.807, 2.05) is 20.8 Å². The van der Waals surface area contributed by atoms with Gasteiger partial charge in [0.15, 0.2) is 17.4 Å². The van der Waals surface area contributed by atoms with Gasteiger partial charge in [-0.25, -0.2) is 0 Å². The van der Waals surface area contributed by atoms with Crippen LogP contribution in [-0.4, -0.2) is 21.8 Å². The number of carbonyl (C=O) groups excluding carboxylic acids is 2. The second-order valence-corrected chi connectivity index (χ2v) is 8.38. The van der Waals surface area contributed by atoms with E-state index in [2.05, 4.69) is 15.5 Å². The number of furan rings is 1. The molecule has 2 aromatic heterocycles. The Bertz CT molecular complexity index is 868. The van der Waals surface area contributed by atoms with Crippen molar-refractivity contribution in [2.75, 3.05) is 0 Å². The Hall–Kier alpha value is -2.44. The molecular formula is C19H25N3O4. The number of Topliss-reactive ketones (excluding diaryl/α,β-unsaturated/α-hetero) is 1. The number of hydrogen-bond donors (Lipinski definition) is 1. The minimum atomic E-state index is -0.853. The van der Waals surface area contributed by atoms with Crippen molar-refractivity contribution < 1.29 is 18.5 Å². The molecule has 0 aromatic carbocycles. The highest BCUT2D eigenvalue weighted by Gasteiger charge is 2.34. The third-order valence-corrected chi connectivity index (χ3v) is 4.57. The number of fused-ring (bicyclic) bond motifs is 1. The molecule has 0 saturated heterocycles. The summed E-state index contributed by atoms with van der Waals surface area (Å²) in [5.41, 5.74) is 0.0335. The molecule has 0 aliphatic heterocycles. The van der Waals surface area contributed by atoms with Crippen LogP contribution in [-0.2, 0) is 17.4 Å². The van der Waals surface area contributed by atoms with Crippen LogP contribution in [0, 0.1) is 6.92 Å². The monoisotopic (exact) mass is 359 g/mol. The topological polar surface area (TPSA) is 98.2 Å². The van der Waals surface area contributed by atoms with E-state index < -0.39 is 11.4 Å². The molecule has 1 amide bonds. The number of amides is 1. The molecule has 1 aliphatic carbocycles. The van der Waals surface area contributed by atoms with Crippen molar-refractivity contribution in [1.29, 1.82) is 0 Å². The predicted molar refractivity (Wildman–Crippen MR) is 94.2 cm³/mol. The highest BCUT2D eigenvalue weighted by molar-refractivity contribution is 6.03. The van der Waals surface area contributed by atoms with Crippen molar-refractivity contribution in [2.45, 2.75) is 71.8 Å². The van der Waals surface area contributed by atoms with Crippen molar-refractivity contribution >= 4 is 11.7 Å². The largest absolute Gasteiger partial charge is 0.455 e. The summed E-state index contributed by atoms with van der Waals surface area (Å²) in [5.74, 6) is 1.33. The summed E-state index contributed by atoms with van der Waals surface area (Å²) in [6.45, 7) is 11.3. The zero-order chi connectivity index (χ0) is 19.3. The molecule has 2 heterocycles. The lowest BCUT2D eigenvalue weighted by Crippen LogP contribution is -2.42. The van der Waals surface area contributed by atoms with Crippen LogP contribution in [0.3, 0.4) is 0 Å². The Morgan fingerprint density at radius 3 is 2.42 bits per heavy atom. The summed E-state index contributed by atoms with van der Waals surface area (Å²) in [5, 5.41) is 6.90. The molecule has 0 atom stereocenters. The summed E-state index contributed by atoms with van der Waals surface area (Å²) in [6.07, 6.45) is 1.93. The first-order valence-electron chi connectivity index (χ1n) is 8.83. The van der Waals surface area contributed by atoms with Gasteiger partial charge in [0.2, 0.25) is 5.89 Å². The highest BCUT2D eigenvalue weighted by atomic mass is 16.5. The van der Waals surface area contributed by atoms with E-state index >= 15 is 0 Å². The van der Waals surface area contributed by atoms with Crippen LogP contribution in [0.4, 0.5) is 0 Å². The molecule has 140 valence electrons. The van der Waals surface area contributed by atoms with Gasteiger partial charge in [-0.2, -0.15) is 4.98 Å². The summed E-state index contributed by atoms with van der Waals surface area (Å²) < 4.78 is 11.0. The molecule has 7 heteroatoms. The molecule has 26 heavy (non-hydrogen) atoms. The second kappa shape index (κ2) is 6.07. The maximum Gasteiger partial charge on any atom is 0.288 e. The molecule has 1 N–H and O–H groups in total. The van der Waals surface area contributed by atoms with Crippen LogP contribution in [0.15, 0.2) is 8.94 Å². The lowest BCUT2D eigenvalue weighted by atomic mass is 9.94. The number of nitrogens with one attached hydrogen (secondary N) is 1. The van der Waals surface area contributed by atoms with E-state index in [9.17, 15) is 9.59 Å². The van der Waals surface area contributed by atoms with Gasteiger partial charge in [0, 0.05) is 23.8 Å². The minimum Gasteiger partial charge on any atom is -0.455 e. The van der Waals surface area contributed by atoms with Gasteiger partial charge in [-0.3, -0.25) is 9.59 Å². The predicted octanol–water partition coefficient (Wildman–Crippen LogP) is 3.45. The number of ketones is 1. The van der Waals surface area contributed by atoms with Crippen LogP contribution < -0.4 is 5.32 Å². The van der Waals surface area contributed by atoms with Gasteiger partial charge in [0.1, 0.15) is 5.76 Å². The zero-order valence-electron chi connectivity index (χ0n) is 16.1. The van der Waals surface area contributed by atoms with Crippen LogP contribution in [0.2, 0.25) is 0 Å². The number of nitrogens with zero attached hydrogens (tertiary/aromatic N) is 2. The van der Waals surface area contributed by atoms with Gasteiger partial charge >= 0.3 is 0 Å². The molecule has 7 nitrogen and oxygen atoms in total. The van der Waals surface area contributed by atoms with Crippen LogP contribution in [0.5, 0.6) is 0 Å². The summed E-state index contributed by atoms with van der Waals surface area (Å²) in [4.78, 5) is 29.3. The molecule has 0 unspecified atom stereocenters. The molecule has 2 aromatic rings. The Morgan fingerprint density at radius 1 is 1.15 bits per heavy atom. The molecule has 0 saturated carbocycles. The normalized spacial score (nSPS) is 15.1. The average molecular weight is 359 g/mol. The fraction of sp³-hybridized carbons (Fsp3) is 0.579. The van der Waals surface area contributed by atoms with E-state index in [1.165, 1.54) is 0 Å². The molecule has 3 rings (SSSR count). The highest BCUT2D eigenvalue weighted by Crippen LogP contribution is 2.30. The maximum atomic E-state index is 12.8. The SMILES string of the molecule is Cc1c(C(=O)NC(C)(C)c2noc(C(C)(C)C)n2)oc2c1C(=O)CCC2. The van der Waals surface area contributed by atoms with Gasteiger partial charge in [0.05, 0.1) is 11.1 Å². The van der Waals surface area contributed by atoms with Crippen LogP contribution in [0.1, 0.15) is 91.4 Å². The Morgan fingerprint density at radius 2 is 1.85 bits per heavy atom. The first-order chi connectivity index (χ1) is 12.0. The summed E-state index contributed by atoms with van der Waals surface area (Å²) in [7, 11) is 0. The molecular weight excluding hydrogens is 334 g/mol. The van der Waals surface area contributed by atoms with Crippen molar-refractivity contribution in [3.8, 4) is 0 Å². The van der Waals surface area contributed by atoms with E-state index in [0.29, 0.717) is 41.4 Å². The average Bonchev–Trinajstić information content (AvgIpc) is 3.13. The fourth-order valence-corrected chi connectivity index (χ4v) is 3.04. The smallest absolute Gasteiger partial charge is 0.288 e. The Labute approximate surface area is 152 Å². The minimum absolute atomic E-state index is 0.0406. The standard InChI is InChI=1S/C19H25N3O4/c1-10-13-11(23)8-7-9-12(13)25-14(10)15(24)21-19(5,6)16-20-17(26-22-16)18(2,3)4/h7-9H2,1-6H3,(H,21,24). The molecule has 0 fully saturated rings. The number of rotatable bonds is 3. The van der Waals surface area contributed by atoms with Crippen molar-refractivity contribution in [3.63, 3.8) is 0 Å². The lowest BCUT2D eigenvalue weighted by molar-refractivity contribution is 0.0874. The molecule has 1 aliphatic rings. The van der Waals surface area contributed by atoms with Crippen molar-refractivity contribution in [1.82, 2.24) is 15.5 Å². The molecule has 0 spiro atoms. The van der Waals surface area contributed by atoms with E-state index in [4.69, 9.17) is 8.94 Å². The van der Waals surface area contributed by atoms with E-state index in [0.717, 1.165) is 6.42 Å². The van der Waals surface area contributed by atoms with Crippen molar-refractivity contribution in [2.24, 2.45) is 0 Å². The van der Waals surface area contributed by atoms with E-state index in [1.54, 1.807) is 20.8 Å². The quantitative estimate of drug-likeness (QED) is 0.901. The maximum absolute atomic E-state index is 12.8. The van der Waals surface area contributed by atoms with Gasteiger partial charge in [-0.05, 0) is 27.2 Å².